The molecule has 4 aromatic rings. The van der Waals surface area contributed by atoms with Gasteiger partial charge in [0.05, 0.1) is 0 Å². The van der Waals surface area contributed by atoms with Crippen LogP contribution in [0.25, 0.3) is 11.1 Å². The minimum absolute atomic E-state index is 0.656. The van der Waals surface area contributed by atoms with Gasteiger partial charge in [-0.3, -0.25) is 0 Å². The molecule has 0 spiro atoms. The molecule has 0 fully saturated rings. The summed E-state index contributed by atoms with van der Waals surface area (Å²) in [5.41, 5.74) is 8.21. The summed E-state index contributed by atoms with van der Waals surface area (Å²) in [4.78, 5) is 0. The second-order valence-corrected chi connectivity index (χ2v) is 10.7. The molecule has 0 bridgehead atoms. The summed E-state index contributed by atoms with van der Waals surface area (Å²) < 4.78 is 0. The Labute approximate surface area is 184 Å². The summed E-state index contributed by atoms with van der Waals surface area (Å²) in [5.74, 6) is 0. The van der Waals surface area contributed by atoms with Gasteiger partial charge in [0.15, 0.2) is 0 Å². The maximum Gasteiger partial charge on any atom is -0.00679 e. The molecule has 2 heteroatoms. The first-order valence-corrected chi connectivity index (χ1v) is 12.4. The van der Waals surface area contributed by atoms with Gasteiger partial charge in [-0.15, -0.1) is 0 Å². The number of aryl methyl sites for hydroxylation is 4. The van der Waals surface area contributed by atoms with Crippen molar-refractivity contribution in [3.8, 4) is 11.1 Å². The molecule has 0 amide bonds. The van der Waals surface area contributed by atoms with Gasteiger partial charge in [-0.05, 0) is 71.2 Å². The Morgan fingerprint density at radius 3 is 1.27 bits per heavy atom. The van der Waals surface area contributed by atoms with E-state index in [-0.39, 0.29) is 0 Å². The summed E-state index contributed by atoms with van der Waals surface area (Å²) >= 11 is 0. The first-order chi connectivity index (χ1) is 14.5. The molecule has 150 valence electrons. The maximum atomic E-state index is 2.32. The average Bonchev–Trinajstić information content (AvgIpc) is 2.70. The third-order valence-corrected chi connectivity index (χ3v) is 7.96. The van der Waals surface area contributed by atoms with E-state index in [0.717, 1.165) is 0 Å². The van der Waals surface area contributed by atoms with Crippen molar-refractivity contribution in [3.63, 3.8) is 0 Å². The predicted octanol–water partition coefficient (Wildman–Crippen LogP) is 5.85. The number of hydrogen-bond donors (Lipinski definition) is 0. The first kappa shape index (κ1) is 21.0. The highest BCUT2D eigenvalue weighted by Gasteiger charge is 2.15. The predicted molar refractivity (Wildman–Crippen MR) is 139 cm³/mol. The molecule has 0 aliphatic heterocycles. The van der Waals surface area contributed by atoms with Gasteiger partial charge < -0.3 is 0 Å². The Balaban J connectivity index is 1.82. The lowest BCUT2D eigenvalue weighted by atomic mass is 9.96. The average molecular weight is 426 g/mol. The van der Waals surface area contributed by atoms with Gasteiger partial charge >= 0.3 is 0 Å². The lowest BCUT2D eigenvalue weighted by Gasteiger charge is -2.19. The highest BCUT2D eigenvalue weighted by atomic mass is 31.1. The molecule has 4 aromatic carbocycles. The summed E-state index contributed by atoms with van der Waals surface area (Å²) in [6, 6.07) is 31.4. The largest absolute Gasteiger partial charge is 0.0614 e. The molecule has 0 nitrogen and oxygen atoms in total. The van der Waals surface area contributed by atoms with Gasteiger partial charge in [0, 0.05) is 0 Å². The summed E-state index contributed by atoms with van der Waals surface area (Å²) in [6.45, 7) is 8.86. The van der Waals surface area contributed by atoms with E-state index < -0.39 is 0 Å². The van der Waals surface area contributed by atoms with E-state index in [1.54, 1.807) is 0 Å². The van der Waals surface area contributed by atoms with Crippen LogP contribution < -0.4 is 21.2 Å². The monoisotopic (exact) mass is 426 g/mol. The van der Waals surface area contributed by atoms with Crippen molar-refractivity contribution in [1.82, 2.24) is 0 Å². The maximum absolute atomic E-state index is 2.32. The van der Waals surface area contributed by atoms with E-state index in [1.165, 1.54) is 54.6 Å². The third-order valence-electron chi connectivity index (χ3n) is 5.39. The van der Waals surface area contributed by atoms with E-state index in [9.17, 15) is 0 Å². The van der Waals surface area contributed by atoms with Crippen LogP contribution in [0.1, 0.15) is 22.3 Å². The molecule has 4 rings (SSSR count). The van der Waals surface area contributed by atoms with E-state index >= 15 is 0 Å². The Hall–Kier alpha value is -2.26. The van der Waals surface area contributed by atoms with Crippen LogP contribution in [0.15, 0.2) is 84.9 Å². The van der Waals surface area contributed by atoms with Gasteiger partial charge in [0.1, 0.15) is 0 Å². The number of hydrogen-bond acceptors (Lipinski definition) is 0. The Bertz CT molecular complexity index is 1100. The van der Waals surface area contributed by atoms with Crippen molar-refractivity contribution in [3.05, 3.63) is 107 Å². The molecular formula is C28H28P2. The van der Waals surface area contributed by atoms with Crippen LogP contribution in [0.4, 0.5) is 0 Å². The molecule has 0 aliphatic rings. The van der Waals surface area contributed by atoms with Crippen molar-refractivity contribution >= 4 is 38.4 Å². The normalized spacial score (nSPS) is 11.7. The molecule has 30 heavy (non-hydrogen) atoms. The highest BCUT2D eigenvalue weighted by molar-refractivity contribution is 7.56. The lowest BCUT2D eigenvalue weighted by molar-refractivity contribution is 1.43. The molecule has 2 atom stereocenters. The van der Waals surface area contributed by atoms with Crippen LogP contribution in [0.3, 0.4) is 0 Å². The van der Waals surface area contributed by atoms with Crippen LogP contribution in [0, 0.1) is 27.7 Å². The van der Waals surface area contributed by atoms with Crippen molar-refractivity contribution in [2.24, 2.45) is 0 Å². The molecule has 2 unspecified atom stereocenters. The zero-order valence-corrected chi connectivity index (χ0v) is 20.1. The molecule has 0 aromatic heterocycles. The van der Waals surface area contributed by atoms with Gasteiger partial charge in [-0.1, -0.05) is 113 Å². The van der Waals surface area contributed by atoms with Crippen LogP contribution in [0.2, 0.25) is 0 Å². The second-order valence-electron chi connectivity index (χ2n) is 7.98. The standard InChI is InChI=1S/C28H28P2/c1-19-9-5-13-23(17-19)29-25-15-7-11-21(3)27(25)28-22(4)12-8-16-26(28)30-24-14-6-10-20(2)18-24/h5-18,29-30H,1-4H3. The highest BCUT2D eigenvalue weighted by Crippen LogP contribution is 2.31. The zero-order valence-electron chi connectivity index (χ0n) is 18.1. The fourth-order valence-corrected chi connectivity index (χ4v) is 6.80. The van der Waals surface area contributed by atoms with Crippen LogP contribution in [-0.4, -0.2) is 0 Å². The van der Waals surface area contributed by atoms with Crippen molar-refractivity contribution in [1.29, 1.82) is 0 Å². The van der Waals surface area contributed by atoms with E-state index in [0.29, 0.717) is 17.2 Å². The van der Waals surface area contributed by atoms with Gasteiger partial charge in [0.25, 0.3) is 0 Å². The van der Waals surface area contributed by atoms with Crippen molar-refractivity contribution in [2.45, 2.75) is 27.7 Å². The Morgan fingerprint density at radius 2 is 0.867 bits per heavy atom. The SMILES string of the molecule is Cc1cccc(Pc2cccc(C)c2-c2c(C)cccc2Pc2cccc(C)c2)c1. The van der Waals surface area contributed by atoms with Gasteiger partial charge in [-0.25, -0.2) is 0 Å². The number of rotatable bonds is 5. The summed E-state index contributed by atoms with van der Waals surface area (Å²) in [5, 5.41) is 5.67. The molecule has 0 radical (unpaired) electrons. The molecule has 0 saturated heterocycles. The first-order valence-electron chi connectivity index (χ1n) is 10.4. The Morgan fingerprint density at radius 1 is 0.467 bits per heavy atom. The molecule has 0 saturated carbocycles. The van der Waals surface area contributed by atoms with Gasteiger partial charge in [0.2, 0.25) is 0 Å². The third kappa shape index (κ3) is 4.73. The van der Waals surface area contributed by atoms with Gasteiger partial charge in [-0.2, -0.15) is 0 Å². The van der Waals surface area contributed by atoms with Crippen molar-refractivity contribution < 1.29 is 0 Å². The fraction of sp³-hybridized carbons (Fsp3) is 0.143. The Kier molecular flexibility index (Phi) is 6.48. The zero-order chi connectivity index (χ0) is 21.1. The van der Waals surface area contributed by atoms with Crippen LogP contribution >= 0.6 is 17.2 Å². The summed E-state index contributed by atoms with van der Waals surface area (Å²) in [7, 11) is 1.31. The van der Waals surface area contributed by atoms with Crippen LogP contribution in [0.5, 0.6) is 0 Å². The molecule has 0 aliphatic carbocycles. The lowest BCUT2D eigenvalue weighted by Crippen LogP contribution is -2.15. The second kappa shape index (κ2) is 9.26. The smallest absolute Gasteiger partial charge is 0.00679 e. The fourth-order valence-electron chi connectivity index (χ4n) is 3.96. The van der Waals surface area contributed by atoms with Crippen molar-refractivity contribution in [2.75, 3.05) is 0 Å². The minimum atomic E-state index is 0.656. The quantitative estimate of drug-likeness (QED) is 0.352. The van der Waals surface area contributed by atoms with E-state index in [1.807, 2.05) is 0 Å². The topological polar surface area (TPSA) is 0 Å². The molecule has 0 heterocycles. The molecular weight excluding hydrogens is 398 g/mol. The summed E-state index contributed by atoms with van der Waals surface area (Å²) in [6.07, 6.45) is 0. The minimum Gasteiger partial charge on any atom is -0.0614 e. The molecule has 0 N–H and O–H groups in total. The van der Waals surface area contributed by atoms with Crippen LogP contribution in [-0.2, 0) is 0 Å². The van der Waals surface area contributed by atoms with E-state index in [4.69, 9.17) is 0 Å². The number of benzene rings is 4. The van der Waals surface area contributed by atoms with E-state index in [2.05, 4.69) is 113 Å².